The number of aliphatic hydroxyl groups is 1. The van der Waals surface area contributed by atoms with Crippen LogP contribution in [0.25, 0.3) is 22.3 Å². The number of benzene rings is 2. The van der Waals surface area contributed by atoms with Crippen molar-refractivity contribution in [3.63, 3.8) is 0 Å². The quantitative estimate of drug-likeness (QED) is 0.667. The second-order valence-corrected chi connectivity index (χ2v) is 8.48. The molecule has 30 heavy (non-hydrogen) atoms. The summed E-state index contributed by atoms with van der Waals surface area (Å²) in [7, 11) is 0. The number of nitrogens with zero attached hydrogens (tertiary/aromatic N) is 3. The summed E-state index contributed by atoms with van der Waals surface area (Å²) < 4.78 is 0. The fourth-order valence-corrected chi connectivity index (χ4v) is 4.65. The Kier molecular flexibility index (Phi) is 4.93. The molecule has 5 rings (SSSR count). The molecule has 1 saturated carbocycles. The van der Waals surface area contributed by atoms with Gasteiger partial charge in [0.1, 0.15) is 5.84 Å². The molecule has 1 aliphatic heterocycles. The molecule has 1 aliphatic carbocycles. The van der Waals surface area contributed by atoms with Gasteiger partial charge in [0.05, 0.1) is 34.6 Å². The van der Waals surface area contributed by atoms with Gasteiger partial charge in [-0.2, -0.15) is 0 Å². The van der Waals surface area contributed by atoms with Crippen molar-refractivity contribution in [1.82, 2.24) is 9.88 Å². The number of aliphatic imine (C=N–C) groups is 1. The molecule has 0 saturated heterocycles. The van der Waals surface area contributed by atoms with E-state index in [4.69, 9.17) is 22.3 Å². The van der Waals surface area contributed by atoms with Crippen LogP contribution in [0.1, 0.15) is 24.0 Å². The maximum atomic E-state index is 9.76. The Morgan fingerprint density at radius 3 is 2.63 bits per heavy atom. The molecule has 0 atom stereocenters. The summed E-state index contributed by atoms with van der Waals surface area (Å²) in [6, 6.07) is 18.1. The molecule has 2 aromatic carbocycles. The highest BCUT2D eigenvalue weighted by Crippen LogP contribution is 2.38. The molecule has 0 unspecified atom stereocenters. The molecule has 0 bridgehead atoms. The van der Waals surface area contributed by atoms with Crippen LogP contribution >= 0.6 is 11.6 Å². The lowest BCUT2D eigenvalue weighted by Crippen LogP contribution is -2.43. The molecule has 3 N–H and O–H groups in total. The van der Waals surface area contributed by atoms with Gasteiger partial charge >= 0.3 is 0 Å². The Hall–Kier alpha value is -2.89. The highest BCUT2D eigenvalue weighted by atomic mass is 35.5. The van der Waals surface area contributed by atoms with Gasteiger partial charge < -0.3 is 15.7 Å². The van der Waals surface area contributed by atoms with Gasteiger partial charge in [-0.3, -0.25) is 4.98 Å². The van der Waals surface area contributed by atoms with Gasteiger partial charge in [-0.15, -0.1) is 0 Å². The van der Waals surface area contributed by atoms with Gasteiger partial charge in [-0.1, -0.05) is 48.0 Å². The van der Waals surface area contributed by atoms with Crippen molar-refractivity contribution in [1.29, 1.82) is 0 Å². The summed E-state index contributed by atoms with van der Waals surface area (Å²) in [4.78, 5) is 11.5. The summed E-state index contributed by atoms with van der Waals surface area (Å²) in [5.74, 6) is 1.03. The Morgan fingerprint density at radius 2 is 1.87 bits per heavy atom. The topological polar surface area (TPSA) is 74.7 Å². The van der Waals surface area contributed by atoms with Gasteiger partial charge in [-0.05, 0) is 37.0 Å². The zero-order chi connectivity index (χ0) is 20.7. The smallest absolute Gasteiger partial charge is 0.119 e. The fourth-order valence-electron chi connectivity index (χ4n) is 4.37. The van der Waals surface area contributed by atoms with Crippen LogP contribution in [0.2, 0.25) is 5.02 Å². The molecule has 0 spiro atoms. The Bertz CT molecular complexity index is 1150. The van der Waals surface area contributed by atoms with Crippen molar-refractivity contribution < 1.29 is 5.11 Å². The average Bonchev–Trinajstić information content (AvgIpc) is 2.73. The van der Waals surface area contributed by atoms with E-state index in [1.165, 1.54) is 0 Å². The predicted octanol–water partition coefficient (Wildman–Crippen LogP) is 4.16. The van der Waals surface area contributed by atoms with E-state index < -0.39 is 0 Å². The van der Waals surface area contributed by atoms with E-state index in [0.717, 1.165) is 52.8 Å². The molecule has 0 radical (unpaired) electrons. The Balaban J connectivity index is 1.68. The van der Waals surface area contributed by atoms with Crippen LogP contribution in [-0.2, 0) is 0 Å². The molecule has 2 aliphatic rings. The first-order valence-electron chi connectivity index (χ1n) is 10.2. The number of nitrogens with two attached hydrogens (primary N) is 1. The number of aromatic nitrogens is 1. The number of halogens is 1. The minimum atomic E-state index is -0.187. The van der Waals surface area contributed by atoms with Crippen LogP contribution < -0.4 is 5.73 Å². The Labute approximate surface area is 180 Å². The first-order valence-corrected chi connectivity index (χ1v) is 10.6. The number of pyridine rings is 1. The van der Waals surface area contributed by atoms with Crippen molar-refractivity contribution in [2.45, 2.75) is 18.9 Å². The highest BCUT2D eigenvalue weighted by Gasteiger charge is 2.32. The Morgan fingerprint density at radius 1 is 1.07 bits per heavy atom. The maximum absolute atomic E-state index is 9.76. The van der Waals surface area contributed by atoms with E-state index in [1.807, 2.05) is 48.5 Å². The average molecular weight is 419 g/mol. The maximum Gasteiger partial charge on any atom is 0.119 e. The van der Waals surface area contributed by atoms with Crippen LogP contribution in [0.5, 0.6) is 0 Å². The minimum absolute atomic E-state index is 0.187. The van der Waals surface area contributed by atoms with Gasteiger partial charge in [0.15, 0.2) is 0 Å². The summed E-state index contributed by atoms with van der Waals surface area (Å²) in [6.45, 7) is 1.38. The monoisotopic (exact) mass is 418 g/mol. The molecular weight excluding hydrogens is 396 g/mol. The van der Waals surface area contributed by atoms with Crippen LogP contribution in [0, 0.1) is 5.92 Å². The summed E-state index contributed by atoms with van der Waals surface area (Å²) in [5, 5.41) is 11.4. The van der Waals surface area contributed by atoms with Gasteiger partial charge in [0.2, 0.25) is 0 Å². The summed E-state index contributed by atoms with van der Waals surface area (Å²) >= 11 is 6.62. The zero-order valence-corrected chi connectivity index (χ0v) is 17.3. The van der Waals surface area contributed by atoms with E-state index in [-0.39, 0.29) is 6.10 Å². The minimum Gasteiger partial charge on any atom is -0.393 e. The number of hydrogen-bond donors (Lipinski definition) is 2. The lowest BCUT2D eigenvalue weighted by Gasteiger charge is -2.39. The van der Waals surface area contributed by atoms with Gasteiger partial charge in [0.25, 0.3) is 0 Å². The molecule has 152 valence electrons. The van der Waals surface area contributed by atoms with Crippen molar-refractivity contribution in [3.05, 3.63) is 76.9 Å². The summed E-state index contributed by atoms with van der Waals surface area (Å²) in [6.07, 6.45) is 3.21. The van der Waals surface area contributed by atoms with Gasteiger partial charge in [-0.25, -0.2) is 4.99 Å². The predicted molar refractivity (Wildman–Crippen MR) is 122 cm³/mol. The zero-order valence-electron chi connectivity index (χ0n) is 16.5. The van der Waals surface area contributed by atoms with Crippen molar-refractivity contribution in [3.8, 4) is 0 Å². The van der Waals surface area contributed by atoms with Crippen LogP contribution in [0.3, 0.4) is 0 Å². The lowest BCUT2D eigenvalue weighted by molar-refractivity contribution is 0.0337. The van der Waals surface area contributed by atoms with Crippen LogP contribution in [0.4, 0.5) is 0 Å². The van der Waals surface area contributed by atoms with E-state index in [9.17, 15) is 5.11 Å². The second kappa shape index (κ2) is 7.74. The van der Waals surface area contributed by atoms with E-state index in [0.29, 0.717) is 23.3 Å². The standard InChI is InChI=1S/C24H23ClN4O/c25-20-12-18(11-17-7-4-8-27-22(17)20)24-23(16-5-2-1-3-6-16)28-21(26)14-29(24)13-15-9-19(30)10-15/h1-8,11-12,15,19,30H,9-10,13-14H2,(H2,26,28). The van der Waals surface area contributed by atoms with Crippen LogP contribution in [-0.4, -0.2) is 40.0 Å². The molecule has 2 heterocycles. The number of amidine groups is 1. The van der Waals surface area contributed by atoms with Crippen LogP contribution in [0.15, 0.2) is 65.8 Å². The second-order valence-electron chi connectivity index (χ2n) is 8.07. The number of fused-ring (bicyclic) bond motifs is 1. The number of aliphatic hydroxyl groups excluding tert-OH is 1. The third-order valence-electron chi connectivity index (χ3n) is 5.82. The molecular formula is C24H23ClN4O. The normalized spacial score (nSPS) is 21.5. The molecule has 3 aromatic rings. The molecule has 6 heteroatoms. The summed E-state index contributed by atoms with van der Waals surface area (Å²) in [5.41, 5.74) is 10.9. The highest BCUT2D eigenvalue weighted by molar-refractivity contribution is 6.35. The first kappa shape index (κ1) is 19.1. The largest absolute Gasteiger partial charge is 0.393 e. The molecule has 1 fully saturated rings. The van der Waals surface area contributed by atoms with E-state index in [2.05, 4.69) is 16.0 Å². The lowest BCUT2D eigenvalue weighted by atomic mass is 9.81. The molecule has 0 amide bonds. The van der Waals surface area contributed by atoms with E-state index in [1.54, 1.807) is 6.20 Å². The van der Waals surface area contributed by atoms with Crippen molar-refractivity contribution in [2.75, 3.05) is 13.1 Å². The van der Waals surface area contributed by atoms with E-state index >= 15 is 0 Å². The number of rotatable bonds is 4. The molecule has 1 aromatic heterocycles. The van der Waals surface area contributed by atoms with Gasteiger partial charge in [0, 0.05) is 29.3 Å². The molecule has 5 nitrogen and oxygen atoms in total. The number of hydrogen-bond acceptors (Lipinski definition) is 5. The third kappa shape index (κ3) is 3.55. The fraction of sp³-hybridized carbons (Fsp3) is 0.250. The first-order chi connectivity index (χ1) is 14.6. The van der Waals surface area contributed by atoms with Crippen molar-refractivity contribution in [2.24, 2.45) is 16.6 Å². The van der Waals surface area contributed by atoms with Crippen molar-refractivity contribution >= 4 is 39.7 Å². The SMILES string of the molecule is NC1=NC(c2ccccc2)=C(c2cc(Cl)c3ncccc3c2)N(CC2CC(O)C2)C1. The third-order valence-corrected chi connectivity index (χ3v) is 6.11.